The topological polar surface area (TPSA) is 36.9 Å². The van der Waals surface area contributed by atoms with E-state index in [0.29, 0.717) is 5.25 Å². The minimum atomic E-state index is 0.696. The summed E-state index contributed by atoms with van der Waals surface area (Å²) in [6.07, 6.45) is 2.46. The summed E-state index contributed by atoms with van der Waals surface area (Å²) in [6, 6.07) is 0. The predicted octanol–water partition coefficient (Wildman–Crippen LogP) is 1.82. The van der Waals surface area contributed by atoms with E-state index in [2.05, 4.69) is 29.1 Å². The fourth-order valence-electron chi connectivity index (χ4n) is 2.49. The minimum Gasteiger partial charge on any atom is -0.379 e. The fraction of sp³-hybridized carbons (Fsp3) is 0.929. The van der Waals surface area contributed by atoms with Crippen molar-refractivity contribution in [3.8, 4) is 0 Å². The van der Waals surface area contributed by atoms with Crippen LogP contribution in [-0.2, 0) is 4.74 Å². The molecular formula is C14H27N3OS. The first kappa shape index (κ1) is 15.1. The number of nitrogens with zero attached hydrogens (tertiary/aromatic N) is 2. The molecule has 19 heavy (non-hydrogen) atoms. The van der Waals surface area contributed by atoms with E-state index < -0.39 is 0 Å². The van der Waals surface area contributed by atoms with E-state index >= 15 is 0 Å². The number of aliphatic imine (C=N–C) groups is 1. The number of hydrogen-bond donors (Lipinski definition) is 1. The molecule has 0 aromatic heterocycles. The van der Waals surface area contributed by atoms with Crippen LogP contribution in [0.3, 0.4) is 0 Å². The third-order valence-corrected chi connectivity index (χ3v) is 4.65. The molecule has 2 heterocycles. The van der Waals surface area contributed by atoms with E-state index in [4.69, 9.17) is 4.74 Å². The largest absolute Gasteiger partial charge is 0.379 e. The Morgan fingerprint density at radius 3 is 2.95 bits per heavy atom. The van der Waals surface area contributed by atoms with Gasteiger partial charge in [-0.2, -0.15) is 0 Å². The molecule has 1 unspecified atom stereocenters. The van der Waals surface area contributed by atoms with Crippen LogP contribution in [0.25, 0.3) is 0 Å². The number of rotatable bonds is 6. The molecule has 0 bridgehead atoms. The van der Waals surface area contributed by atoms with Crippen LogP contribution < -0.4 is 5.32 Å². The van der Waals surface area contributed by atoms with Crippen LogP contribution in [0.2, 0.25) is 0 Å². The second-order valence-electron chi connectivity index (χ2n) is 5.75. The molecule has 5 heteroatoms. The van der Waals surface area contributed by atoms with Crippen molar-refractivity contribution in [3.63, 3.8) is 0 Å². The third kappa shape index (κ3) is 5.71. The molecule has 0 saturated carbocycles. The summed E-state index contributed by atoms with van der Waals surface area (Å²) >= 11 is 1.93. The SMILES string of the molecule is CC(C)CC1CN=C(NCCCN2CCOCC2)S1. The highest BCUT2D eigenvalue weighted by Gasteiger charge is 2.20. The van der Waals surface area contributed by atoms with Gasteiger partial charge in [-0.15, -0.1) is 0 Å². The van der Waals surface area contributed by atoms with Crippen molar-refractivity contribution in [2.24, 2.45) is 10.9 Å². The fourth-order valence-corrected chi connectivity index (χ4v) is 3.77. The Balaban J connectivity index is 1.52. The Morgan fingerprint density at radius 2 is 2.21 bits per heavy atom. The Morgan fingerprint density at radius 1 is 1.42 bits per heavy atom. The van der Waals surface area contributed by atoms with Crippen LogP contribution in [0.4, 0.5) is 0 Å². The first-order valence-corrected chi connectivity index (χ1v) is 8.37. The highest BCUT2D eigenvalue weighted by atomic mass is 32.2. The van der Waals surface area contributed by atoms with Crippen molar-refractivity contribution < 1.29 is 4.74 Å². The summed E-state index contributed by atoms with van der Waals surface area (Å²) in [5.74, 6) is 0.772. The molecule has 0 aromatic rings. The molecule has 4 nitrogen and oxygen atoms in total. The number of ether oxygens (including phenoxy) is 1. The molecule has 2 aliphatic heterocycles. The first-order chi connectivity index (χ1) is 9.24. The minimum absolute atomic E-state index is 0.696. The van der Waals surface area contributed by atoms with Gasteiger partial charge in [0.15, 0.2) is 5.17 Å². The van der Waals surface area contributed by atoms with E-state index in [1.165, 1.54) is 19.4 Å². The number of thioether (sulfide) groups is 1. The zero-order valence-electron chi connectivity index (χ0n) is 12.2. The van der Waals surface area contributed by atoms with Crippen LogP contribution in [-0.4, -0.2) is 61.3 Å². The summed E-state index contributed by atoms with van der Waals surface area (Å²) in [6.45, 7) is 11.7. The molecule has 110 valence electrons. The van der Waals surface area contributed by atoms with Crippen LogP contribution in [0.5, 0.6) is 0 Å². The van der Waals surface area contributed by atoms with Gasteiger partial charge in [-0.25, -0.2) is 0 Å². The Kier molecular flexibility index (Phi) is 6.47. The van der Waals surface area contributed by atoms with E-state index in [9.17, 15) is 0 Å². The van der Waals surface area contributed by atoms with Gasteiger partial charge in [0.1, 0.15) is 0 Å². The van der Waals surface area contributed by atoms with Gasteiger partial charge < -0.3 is 10.1 Å². The molecule has 0 aliphatic carbocycles. The average molecular weight is 285 g/mol. The van der Waals surface area contributed by atoms with Crippen LogP contribution in [0.15, 0.2) is 4.99 Å². The van der Waals surface area contributed by atoms with E-state index in [0.717, 1.165) is 50.5 Å². The molecule has 0 radical (unpaired) electrons. The van der Waals surface area contributed by atoms with Gasteiger partial charge in [0.25, 0.3) is 0 Å². The van der Waals surface area contributed by atoms with Gasteiger partial charge in [0, 0.05) is 24.9 Å². The zero-order valence-corrected chi connectivity index (χ0v) is 13.0. The Bertz CT molecular complexity index is 290. The third-order valence-electron chi connectivity index (χ3n) is 3.48. The first-order valence-electron chi connectivity index (χ1n) is 7.49. The Hall–Kier alpha value is -0.260. The highest BCUT2D eigenvalue weighted by Crippen LogP contribution is 2.25. The van der Waals surface area contributed by atoms with Crippen molar-refractivity contribution >= 4 is 16.9 Å². The van der Waals surface area contributed by atoms with Crippen molar-refractivity contribution in [2.45, 2.75) is 31.9 Å². The monoisotopic (exact) mass is 285 g/mol. The van der Waals surface area contributed by atoms with E-state index in [1.807, 2.05) is 11.8 Å². The lowest BCUT2D eigenvalue weighted by molar-refractivity contribution is 0.0376. The van der Waals surface area contributed by atoms with Crippen molar-refractivity contribution in [1.29, 1.82) is 0 Å². The maximum absolute atomic E-state index is 5.35. The van der Waals surface area contributed by atoms with Crippen molar-refractivity contribution in [3.05, 3.63) is 0 Å². The molecule has 0 spiro atoms. The quantitative estimate of drug-likeness (QED) is 0.755. The van der Waals surface area contributed by atoms with Crippen LogP contribution in [0.1, 0.15) is 26.7 Å². The summed E-state index contributed by atoms with van der Waals surface area (Å²) < 4.78 is 5.35. The summed E-state index contributed by atoms with van der Waals surface area (Å²) in [5.41, 5.74) is 0. The molecule has 2 rings (SSSR count). The molecular weight excluding hydrogens is 258 g/mol. The predicted molar refractivity (Wildman–Crippen MR) is 83.0 cm³/mol. The average Bonchev–Trinajstić information content (AvgIpc) is 2.83. The molecule has 2 aliphatic rings. The number of morpholine rings is 1. The maximum atomic E-state index is 5.35. The van der Waals surface area contributed by atoms with Gasteiger partial charge >= 0.3 is 0 Å². The lowest BCUT2D eigenvalue weighted by Crippen LogP contribution is -2.38. The van der Waals surface area contributed by atoms with Crippen molar-refractivity contribution in [2.75, 3.05) is 45.9 Å². The molecule has 1 N–H and O–H groups in total. The standard InChI is InChI=1S/C14H27N3OS/c1-12(2)10-13-11-16-14(19-13)15-4-3-5-17-6-8-18-9-7-17/h12-13H,3-11H2,1-2H3,(H,15,16). The van der Waals surface area contributed by atoms with Gasteiger partial charge in [0.05, 0.1) is 19.8 Å². The lowest BCUT2D eigenvalue weighted by Gasteiger charge is -2.26. The van der Waals surface area contributed by atoms with Gasteiger partial charge in [-0.05, 0) is 25.3 Å². The highest BCUT2D eigenvalue weighted by molar-refractivity contribution is 8.14. The summed E-state index contributed by atoms with van der Waals surface area (Å²) in [7, 11) is 0. The molecule has 1 atom stereocenters. The van der Waals surface area contributed by atoms with Gasteiger partial charge in [-0.3, -0.25) is 9.89 Å². The lowest BCUT2D eigenvalue weighted by atomic mass is 10.1. The number of amidine groups is 1. The summed E-state index contributed by atoms with van der Waals surface area (Å²) in [4.78, 5) is 7.07. The second-order valence-corrected chi connectivity index (χ2v) is 7.04. The van der Waals surface area contributed by atoms with Gasteiger partial charge in [-0.1, -0.05) is 25.6 Å². The second kappa shape index (κ2) is 8.12. The molecule has 1 saturated heterocycles. The van der Waals surface area contributed by atoms with E-state index in [-0.39, 0.29) is 0 Å². The smallest absolute Gasteiger partial charge is 0.156 e. The maximum Gasteiger partial charge on any atom is 0.156 e. The summed E-state index contributed by atoms with van der Waals surface area (Å²) in [5, 5.41) is 5.34. The van der Waals surface area contributed by atoms with E-state index in [1.54, 1.807) is 0 Å². The molecule has 0 amide bonds. The molecule has 1 fully saturated rings. The normalized spacial score (nSPS) is 24.8. The van der Waals surface area contributed by atoms with Gasteiger partial charge in [0.2, 0.25) is 0 Å². The molecule has 0 aromatic carbocycles. The van der Waals surface area contributed by atoms with Crippen molar-refractivity contribution in [1.82, 2.24) is 10.2 Å². The zero-order chi connectivity index (χ0) is 13.5. The van der Waals surface area contributed by atoms with Crippen LogP contribution in [0, 0.1) is 5.92 Å². The number of nitrogens with one attached hydrogen (secondary N) is 1. The van der Waals surface area contributed by atoms with Crippen LogP contribution >= 0.6 is 11.8 Å². The number of hydrogen-bond acceptors (Lipinski definition) is 5. The Labute approximate surface area is 121 Å².